The van der Waals surface area contributed by atoms with Gasteiger partial charge >= 0.3 is 0 Å². The van der Waals surface area contributed by atoms with Gasteiger partial charge in [0.25, 0.3) is 11.7 Å². The van der Waals surface area contributed by atoms with E-state index in [9.17, 15) is 13.2 Å². The number of piperidine rings is 1. The number of quaternary nitrogens is 1. The minimum absolute atomic E-state index is 0.157. The molecule has 0 spiro atoms. The van der Waals surface area contributed by atoms with Gasteiger partial charge in [-0.05, 0) is 31.7 Å². The predicted molar refractivity (Wildman–Crippen MR) is 105 cm³/mol. The van der Waals surface area contributed by atoms with Gasteiger partial charge in [0.2, 0.25) is 10.0 Å². The summed E-state index contributed by atoms with van der Waals surface area (Å²) in [5.41, 5.74) is 0. The molecule has 28 heavy (non-hydrogen) atoms. The summed E-state index contributed by atoms with van der Waals surface area (Å²) in [6.45, 7) is 5.27. The van der Waals surface area contributed by atoms with Crippen molar-refractivity contribution in [2.24, 2.45) is 0 Å². The van der Waals surface area contributed by atoms with E-state index in [4.69, 9.17) is 0 Å². The van der Waals surface area contributed by atoms with Crippen LogP contribution >= 0.6 is 0 Å². The highest BCUT2D eigenvalue weighted by atomic mass is 32.2. The number of nitrogens with zero attached hydrogens (tertiary/aromatic N) is 2. The molecule has 1 aliphatic carbocycles. The fourth-order valence-electron chi connectivity index (χ4n) is 3.99. The van der Waals surface area contributed by atoms with Crippen molar-refractivity contribution in [3.63, 3.8) is 0 Å². The molecule has 1 aromatic rings. The van der Waals surface area contributed by atoms with E-state index in [1.54, 1.807) is 16.6 Å². The molecule has 0 aromatic carbocycles. The van der Waals surface area contributed by atoms with Crippen LogP contribution in [0.5, 0.6) is 0 Å². The topological polar surface area (TPSA) is 88.3 Å². The highest BCUT2D eigenvalue weighted by Crippen LogP contribution is 2.20. The largest absolute Gasteiger partial charge is 0.348 e. The van der Waals surface area contributed by atoms with Crippen LogP contribution in [0.25, 0.3) is 0 Å². The number of anilines is 1. The van der Waals surface area contributed by atoms with E-state index >= 15 is 0 Å². The van der Waals surface area contributed by atoms with Gasteiger partial charge in [-0.25, -0.2) is 13.4 Å². The van der Waals surface area contributed by atoms with E-state index in [2.05, 4.69) is 15.2 Å². The van der Waals surface area contributed by atoms with E-state index in [1.807, 2.05) is 6.07 Å². The van der Waals surface area contributed by atoms with Gasteiger partial charge in [-0.3, -0.25) is 9.69 Å². The first kappa shape index (κ1) is 19.6. The summed E-state index contributed by atoms with van der Waals surface area (Å²) in [7, 11) is -3.40. The minimum atomic E-state index is -3.40. The van der Waals surface area contributed by atoms with Crippen molar-refractivity contribution in [3.05, 3.63) is 18.3 Å². The van der Waals surface area contributed by atoms with Crippen molar-refractivity contribution < 1.29 is 23.1 Å². The number of carbonyl (C=O) groups excluding carboxylic acids is 1. The molecule has 2 aliphatic heterocycles. The molecule has 4 rings (SSSR count). The molecule has 0 radical (unpaired) electrons. The lowest BCUT2D eigenvalue weighted by Gasteiger charge is -2.28. The lowest BCUT2D eigenvalue weighted by Crippen LogP contribution is -3.16. The second-order valence-electron chi connectivity index (χ2n) is 8.13. The Hall–Kier alpha value is -1.71. The average molecular weight is 410 g/mol. The summed E-state index contributed by atoms with van der Waals surface area (Å²) in [6, 6.07) is 3.99. The molecule has 9 heteroatoms. The summed E-state index contributed by atoms with van der Waals surface area (Å²) < 4.78 is 27.1. The summed E-state index contributed by atoms with van der Waals surface area (Å²) in [6.07, 6.45) is 6.83. The Morgan fingerprint density at radius 2 is 1.82 bits per heavy atom. The summed E-state index contributed by atoms with van der Waals surface area (Å²) in [5.74, 6) is 1.09. The molecule has 0 unspecified atom stereocenters. The second kappa shape index (κ2) is 8.34. The SMILES string of the molecule is O=C(C[NH+]1CCN(c2ccc(S(=O)(=O)N3CCCCC3)c[nH+]2)CC1)NC1CC1. The number of sulfonamides is 1. The third kappa shape index (κ3) is 4.64. The van der Waals surface area contributed by atoms with Crippen molar-refractivity contribution >= 4 is 21.7 Å². The first-order valence-electron chi connectivity index (χ1n) is 10.4. The van der Waals surface area contributed by atoms with Crippen LogP contribution < -0.4 is 20.1 Å². The molecule has 3 heterocycles. The summed E-state index contributed by atoms with van der Waals surface area (Å²) >= 11 is 0. The normalized spacial score (nSPS) is 22.2. The summed E-state index contributed by atoms with van der Waals surface area (Å²) in [5, 5.41) is 3.05. The van der Waals surface area contributed by atoms with E-state index in [1.165, 1.54) is 4.90 Å². The Balaban J connectivity index is 1.31. The highest BCUT2D eigenvalue weighted by molar-refractivity contribution is 7.89. The van der Waals surface area contributed by atoms with Gasteiger partial charge in [-0.1, -0.05) is 6.42 Å². The number of hydrogen-bond donors (Lipinski definition) is 2. The fourth-order valence-corrected chi connectivity index (χ4v) is 5.47. The van der Waals surface area contributed by atoms with Crippen LogP contribution in [0.4, 0.5) is 5.82 Å². The first-order chi connectivity index (χ1) is 13.5. The van der Waals surface area contributed by atoms with Gasteiger partial charge in [0.15, 0.2) is 6.54 Å². The number of H-pyrrole nitrogens is 1. The zero-order valence-electron chi connectivity index (χ0n) is 16.3. The van der Waals surface area contributed by atoms with Gasteiger partial charge < -0.3 is 10.2 Å². The Bertz CT molecular complexity index is 780. The molecular weight excluding hydrogens is 378 g/mol. The predicted octanol–water partition coefficient (Wildman–Crippen LogP) is -1.34. The number of piperazine rings is 1. The Labute approximate surface area is 166 Å². The molecule has 1 amide bonds. The van der Waals surface area contributed by atoms with Gasteiger partial charge in [-0.15, -0.1) is 0 Å². The smallest absolute Gasteiger partial charge is 0.275 e. The monoisotopic (exact) mass is 409 g/mol. The molecule has 0 bridgehead atoms. The molecule has 2 saturated heterocycles. The highest BCUT2D eigenvalue weighted by Gasteiger charge is 2.31. The van der Waals surface area contributed by atoms with Crippen molar-refractivity contribution in [2.75, 3.05) is 50.7 Å². The van der Waals surface area contributed by atoms with E-state index in [0.29, 0.717) is 30.6 Å². The average Bonchev–Trinajstić information content (AvgIpc) is 3.53. The number of pyridine rings is 1. The molecule has 0 atom stereocenters. The Kier molecular flexibility index (Phi) is 5.84. The molecule has 1 aromatic heterocycles. The maximum atomic E-state index is 12.8. The molecule has 3 aliphatic rings. The zero-order chi connectivity index (χ0) is 19.6. The van der Waals surface area contributed by atoms with Crippen molar-refractivity contribution in [3.8, 4) is 0 Å². The number of carbonyl (C=O) groups is 1. The van der Waals surface area contributed by atoms with Gasteiger partial charge in [0, 0.05) is 25.2 Å². The van der Waals surface area contributed by atoms with Crippen LogP contribution in [0.3, 0.4) is 0 Å². The number of hydrogen-bond acceptors (Lipinski definition) is 4. The van der Waals surface area contributed by atoms with Crippen LogP contribution in [-0.4, -0.2) is 70.5 Å². The van der Waals surface area contributed by atoms with Crippen molar-refractivity contribution in [1.29, 1.82) is 0 Å². The lowest BCUT2D eigenvalue weighted by atomic mass is 10.2. The van der Waals surface area contributed by atoms with E-state index in [0.717, 1.165) is 64.1 Å². The molecule has 8 nitrogen and oxygen atoms in total. The fraction of sp³-hybridized carbons (Fsp3) is 0.684. The van der Waals surface area contributed by atoms with Gasteiger partial charge in [-0.2, -0.15) is 4.31 Å². The quantitative estimate of drug-likeness (QED) is 0.609. The molecular formula is C19H31N5O3S+2. The van der Waals surface area contributed by atoms with Gasteiger partial charge in [0.05, 0.1) is 0 Å². The number of aromatic amines is 1. The lowest BCUT2D eigenvalue weighted by molar-refractivity contribution is -0.892. The number of rotatable bonds is 6. The van der Waals surface area contributed by atoms with Crippen LogP contribution in [0, 0.1) is 0 Å². The number of amides is 1. The molecule has 154 valence electrons. The number of aromatic nitrogens is 1. The minimum Gasteiger partial charge on any atom is -0.348 e. The molecule has 3 N–H and O–H groups in total. The Morgan fingerprint density at radius 1 is 1.11 bits per heavy atom. The summed E-state index contributed by atoms with van der Waals surface area (Å²) in [4.78, 5) is 19.0. The standard InChI is InChI=1S/C19H29N5O3S/c25-19(21-16-4-5-16)15-22-10-12-23(13-11-22)18-7-6-17(14-20-18)28(26,27)24-8-2-1-3-9-24/h6-7,14,16H,1-5,8-13,15H2,(H,21,25)/p+2. The van der Waals surface area contributed by atoms with Crippen molar-refractivity contribution in [1.82, 2.24) is 9.62 Å². The van der Waals surface area contributed by atoms with Crippen LogP contribution in [0.2, 0.25) is 0 Å². The van der Waals surface area contributed by atoms with Crippen LogP contribution in [-0.2, 0) is 14.8 Å². The van der Waals surface area contributed by atoms with Crippen LogP contribution in [0.15, 0.2) is 23.2 Å². The number of nitrogens with one attached hydrogen (secondary N) is 3. The second-order valence-corrected chi connectivity index (χ2v) is 10.1. The maximum Gasteiger partial charge on any atom is 0.275 e. The first-order valence-corrected chi connectivity index (χ1v) is 11.9. The van der Waals surface area contributed by atoms with Crippen molar-refractivity contribution in [2.45, 2.75) is 43.0 Å². The molecule has 1 saturated carbocycles. The third-order valence-electron chi connectivity index (χ3n) is 5.88. The van der Waals surface area contributed by atoms with E-state index < -0.39 is 10.0 Å². The van der Waals surface area contributed by atoms with Gasteiger partial charge in [0.1, 0.15) is 37.3 Å². The van der Waals surface area contributed by atoms with Crippen LogP contribution in [0.1, 0.15) is 32.1 Å². The molecule has 3 fully saturated rings. The Morgan fingerprint density at radius 3 is 2.43 bits per heavy atom. The zero-order valence-corrected chi connectivity index (χ0v) is 17.1. The maximum absolute atomic E-state index is 12.8. The third-order valence-corrected chi connectivity index (χ3v) is 7.78. The van der Waals surface area contributed by atoms with E-state index in [-0.39, 0.29) is 5.91 Å².